The molecule has 1 aliphatic heterocycles. The van der Waals surface area contributed by atoms with Crippen molar-refractivity contribution >= 4 is 29.5 Å². The maximum atomic E-state index is 12.2. The van der Waals surface area contributed by atoms with Gasteiger partial charge in [-0.15, -0.1) is 11.3 Å². The SMILES string of the molecule is CCCCCCOC(=O)N1CCC(c2nc(COc3ccc(N(C=N)N=N)cc3)cs2)CC1. The molecule has 0 atom stereocenters. The summed E-state index contributed by atoms with van der Waals surface area (Å²) in [5, 5.41) is 14.7. The second-order valence-electron chi connectivity index (χ2n) is 7.97. The summed E-state index contributed by atoms with van der Waals surface area (Å²) in [5.41, 5.74) is 8.55. The maximum Gasteiger partial charge on any atom is 0.409 e. The van der Waals surface area contributed by atoms with Crippen molar-refractivity contribution in [1.29, 1.82) is 10.9 Å². The Bertz CT molecular complexity index is 888. The number of carbonyl (C=O) groups is 1. The van der Waals surface area contributed by atoms with Crippen LogP contribution in [0.4, 0.5) is 10.5 Å². The van der Waals surface area contributed by atoms with Gasteiger partial charge in [0.15, 0.2) is 0 Å². The topological polar surface area (TPSA) is 115 Å². The molecule has 1 aliphatic rings. The highest BCUT2D eigenvalue weighted by molar-refractivity contribution is 7.09. The van der Waals surface area contributed by atoms with Crippen LogP contribution in [0.3, 0.4) is 0 Å². The number of carbonyl (C=O) groups excluding carboxylic acids is 1. The first-order valence-corrected chi connectivity index (χ1v) is 12.3. The smallest absolute Gasteiger partial charge is 0.409 e. The number of benzene rings is 1. The number of nitrogens with zero attached hydrogens (tertiary/aromatic N) is 4. The molecule has 178 valence electrons. The fraction of sp³-hybridized carbons (Fsp3) is 0.522. The number of thiazole rings is 1. The van der Waals surface area contributed by atoms with Gasteiger partial charge in [-0.05, 0) is 43.5 Å². The van der Waals surface area contributed by atoms with Crippen LogP contribution in [0.25, 0.3) is 0 Å². The zero-order valence-corrected chi connectivity index (χ0v) is 19.9. The second-order valence-corrected chi connectivity index (χ2v) is 8.86. The normalized spacial score (nSPS) is 14.0. The number of ether oxygens (including phenoxy) is 2. The van der Waals surface area contributed by atoms with E-state index in [1.54, 1.807) is 35.6 Å². The molecule has 10 heteroatoms. The number of rotatable bonds is 12. The first-order valence-electron chi connectivity index (χ1n) is 11.4. The Kier molecular flexibility index (Phi) is 9.61. The number of unbranched alkanes of at least 4 members (excludes halogenated alkanes) is 3. The van der Waals surface area contributed by atoms with Gasteiger partial charge in [0.25, 0.3) is 0 Å². The van der Waals surface area contributed by atoms with Crippen LogP contribution in [0.5, 0.6) is 5.75 Å². The predicted molar refractivity (Wildman–Crippen MR) is 128 cm³/mol. The minimum absolute atomic E-state index is 0.190. The van der Waals surface area contributed by atoms with Crippen molar-refractivity contribution in [2.75, 3.05) is 24.7 Å². The number of piperidine rings is 1. The fourth-order valence-corrected chi connectivity index (χ4v) is 4.65. The van der Waals surface area contributed by atoms with Gasteiger partial charge < -0.3 is 14.4 Å². The van der Waals surface area contributed by atoms with Gasteiger partial charge in [0.1, 0.15) is 18.7 Å². The van der Waals surface area contributed by atoms with E-state index in [2.05, 4.69) is 12.1 Å². The molecule has 0 aliphatic carbocycles. The fourth-order valence-electron chi connectivity index (χ4n) is 3.68. The van der Waals surface area contributed by atoms with E-state index < -0.39 is 0 Å². The number of aromatic nitrogens is 1. The van der Waals surface area contributed by atoms with Crippen molar-refractivity contribution in [3.05, 3.63) is 40.3 Å². The summed E-state index contributed by atoms with van der Waals surface area (Å²) in [6, 6.07) is 7.05. The van der Waals surface area contributed by atoms with Crippen molar-refractivity contribution in [2.45, 2.75) is 58.0 Å². The summed E-state index contributed by atoms with van der Waals surface area (Å²) < 4.78 is 11.2. The van der Waals surface area contributed by atoms with E-state index in [1.807, 2.05) is 10.3 Å². The number of likely N-dealkylation sites (tertiary alicyclic amines) is 1. The Morgan fingerprint density at radius 2 is 2.03 bits per heavy atom. The van der Waals surface area contributed by atoms with Gasteiger partial charge in [0.2, 0.25) is 0 Å². The molecule has 1 aromatic heterocycles. The molecule has 1 amide bonds. The van der Waals surface area contributed by atoms with Crippen LogP contribution in [-0.2, 0) is 11.3 Å². The lowest BCUT2D eigenvalue weighted by molar-refractivity contribution is 0.0911. The van der Waals surface area contributed by atoms with Gasteiger partial charge in [-0.2, -0.15) is 5.53 Å². The van der Waals surface area contributed by atoms with Crippen molar-refractivity contribution < 1.29 is 14.3 Å². The lowest BCUT2D eigenvalue weighted by atomic mass is 9.98. The molecule has 3 rings (SSSR count). The van der Waals surface area contributed by atoms with E-state index in [0.717, 1.165) is 47.7 Å². The summed E-state index contributed by atoms with van der Waals surface area (Å²) >= 11 is 1.64. The minimum Gasteiger partial charge on any atom is -0.487 e. The van der Waals surface area contributed by atoms with Gasteiger partial charge in [-0.25, -0.2) is 14.8 Å². The van der Waals surface area contributed by atoms with Crippen LogP contribution in [-0.4, -0.2) is 42.0 Å². The molecule has 0 saturated carbocycles. The first kappa shape index (κ1) is 24.6. The minimum atomic E-state index is -0.190. The Morgan fingerprint density at radius 3 is 2.70 bits per heavy atom. The monoisotopic (exact) mass is 472 g/mol. The number of amides is 1. The van der Waals surface area contributed by atoms with E-state index in [4.69, 9.17) is 25.4 Å². The third kappa shape index (κ3) is 7.24. The summed E-state index contributed by atoms with van der Waals surface area (Å²) in [7, 11) is 0. The molecule has 2 N–H and O–H groups in total. The summed E-state index contributed by atoms with van der Waals surface area (Å²) in [5.74, 6) is 1.04. The molecule has 1 saturated heterocycles. The molecule has 0 radical (unpaired) electrons. The molecule has 1 fully saturated rings. The molecular formula is C23H32N6O3S. The molecule has 2 heterocycles. The average Bonchev–Trinajstić information content (AvgIpc) is 3.33. The zero-order valence-electron chi connectivity index (χ0n) is 19.0. The molecule has 0 spiro atoms. The largest absolute Gasteiger partial charge is 0.487 e. The lowest BCUT2D eigenvalue weighted by Gasteiger charge is -2.30. The molecule has 0 bridgehead atoms. The number of hydrogen-bond acceptors (Lipinski definition) is 8. The highest BCUT2D eigenvalue weighted by atomic mass is 32.1. The third-order valence-corrected chi connectivity index (χ3v) is 6.67. The Hall–Kier alpha value is -3.01. The van der Waals surface area contributed by atoms with Crippen molar-refractivity contribution in [3.8, 4) is 5.75 Å². The molecule has 1 aromatic carbocycles. The van der Waals surface area contributed by atoms with Crippen LogP contribution in [0, 0.1) is 10.9 Å². The van der Waals surface area contributed by atoms with E-state index in [9.17, 15) is 4.79 Å². The second kappa shape index (κ2) is 12.9. The van der Waals surface area contributed by atoms with Crippen molar-refractivity contribution in [1.82, 2.24) is 9.88 Å². The average molecular weight is 473 g/mol. The Morgan fingerprint density at radius 1 is 1.27 bits per heavy atom. The number of anilines is 1. The number of nitrogens with one attached hydrogen (secondary N) is 2. The van der Waals surface area contributed by atoms with E-state index in [1.165, 1.54) is 12.8 Å². The van der Waals surface area contributed by atoms with E-state index >= 15 is 0 Å². The van der Waals surface area contributed by atoms with Gasteiger partial charge in [-0.1, -0.05) is 31.4 Å². The summed E-state index contributed by atoms with van der Waals surface area (Å²) in [6.07, 6.45) is 6.98. The van der Waals surface area contributed by atoms with Gasteiger partial charge in [-0.3, -0.25) is 5.41 Å². The van der Waals surface area contributed by atoms with E-state index in [-0.39, 0.29) is 6.09 Å². The summed E-state index contributed by atoms with van der Waals surface area (Å²) in [4.78, 5) is 18.8. The lowest BCUT2D eigenvalue weighted by Crippen LogP contribution is -2.38. The molecular weight excluding hydrogens is 440 g/mol. The quantitative estimate of drug-likeness (QED) is 0.130. The van der Waals surface area contributed by atoms with Crippen LogP contribution in [0.1, 0.15) is 62.1 Å². The van der Waals surface area contributed by atoms with Crippen LogP contribution in [0.15, 0.2) is 34.9 Å². The number of hydrogen-bond donors (Lipinski definition) is 2. The van der Waals surface area contributed by atoms with Gasteiger partial charge >= 0.3 is 6.09 Å². The predicted octanol–water partition coefficient (Wildman–Crippen LogP) is 5.98. The highest BCUT2D eigenvalue weighted by Gasteiger charge is 2.26. The van der Waals surface area contributed by atoms with Crippen molar-refractivity contribution in [2.24, 2.45) is 5.22 Å². The highest BCUT2D eigenvalue weighted by Crippen LogP contribution is 2.31. The van der Waals surface area contributed by atoms with Crippen LogP contribution in [0.2, 0.25) is 0 Å². The Labute approximate surface area is 198 Å². The van der Waals surface area contributed by atoms with Crippen molar-refractivity contribution in [3.63, 3.8) is 0 Å². The third-order valence-electron chi connectivity index (χ3n) is 5.61. The molecule has 33 heavy (non-hydrogen) atoms. The maximum absolute atomic E-state index is 12.2. The zero-order chi connectivity index (χ0) is 23.5. The van der Waals surface area contributed by atoms with Crippen LogP contribution >= 0.6 is 11.3 Å². The standard InChI is InChI=1S/C23H32N6O3S/c1-2-3-4-5-14-31-23(30)28-12-10-18(11-13-28)22-26-19(16-33-22)15-32-21-8-6-20(7-9-21)29(17-24)27-25/h6-9,16-18,24-25H,2-5,10-15H2,1H3. The summed E-state index contributed by atoms with van der Waals surface area (Å²) in [6.45, 7) is 4.45. The van der Waals surface area contributed by atoms with Gasteiger partial charge in [0.05, 0.1) is 23.0 Å². The van der Waals surface area contributed by atoms with Crippen LogP contribution < -0.4 is 9.75 Å². The van der Waals surface area contributed by atoms with Gasteiger partial charge in [0, 0.05) is 24.4 Å². The van der Waals surface area contributed by atoms with E-state index in [0.29, 0.717) is 43.7 Å². The molecule has 9 nitrogen and oxygen atoms in total. The molecule has 2 aromatic rings. The first-order chi connectivity index (χ1) is 16.1. The molecule has 0 unspecified atom stereocenters. The Balaban J connectivity index is 1.41.